The molecule has 15 heavy (non-hydrogen) atoms. The average Bonchev–Trinajstić information content (AvgIpc) is 2.17. The molecule has 0 atom stereocenters. The van der Waals surface area contributed by atoms with Gasteiger partial charge in [-0.1, -0.05) is 35.9 Å². The zero-order valence-corrected chi connectivity index (χ0v) is 9.50. The lowest BCUT2D eigenvalue weighted by atomic mass is 10.1. The predicted molar refractivity (Wildman–Crippen MR) is 63.0 cm³/mol. The van der Waals surface area contributed by atoms with Crippen LogP contribution >= 0.6 is 11.6 Å². The fraction of sp³-hybridized carbons (Fsp3) is 0.250. The Balaban J connectivity index is 2.73. The van der Waals surface area contributed by atoms with Gasteiger partial charge in [-0.3, -0.25) is 4.79 Å². The van der Waals surface area contributed by atoms with Gasteiger partial charge in [-0.05, 0) is 24.1 Å². The summed E-state index contributed by atoms with van der Waals surface area (Å²) >= 11 is 5.45. The third-order valence-corrected chi connectivity index (χ3v) is 2.29. The van der Waals surface area contributed by atoms with E-state index in [-0.39, 0.29) is 0 Å². The van der Waals surface area contributed by atoms with Crippen LogP contribution in [0.3, 0.4) is 0 Å². The number of benzene rings is 1. The Morgan fingerprint density at radius 2 is 2.33 bits per heavy atom. The summed E-state index contributed by atoms with van der Waals surface area (Å²) in [5.41, 5.74) is 2.25. The van der Waals surface area contributed by atoms with E-state index in [1.165, 1.54) is 10.5 Å². The van der Waals surface area contributed by atoms with Crippen LogP contribution in [0.5, 0.6) is 0 Å². The molecule has 0 spiro atoms. The van der Waals surface area contributed by atoms with Crippen molar-refractivity contribution >= 4 is 17.0 Å². The monoisotopic (exact) mass is 223 g/mol. The van der Waals surface area contributed by atoms with E-state index in [0.717, 1.165) is 5.56 Å². The maximum atomic E-state index is 11.1. The van der Waals surface area contributed by atoms with E-state index in [4.69, 9.17) is 11.6 Å². The predicted octanol–water partition coefficient (Wildman–Crippen LogP) is 3.34. The Morgan fingerprint density at radius 1 is 1.60 bits per heavy atom. The van der Waals surface area contributed by atoms with Gasteiger partial charge in [0.05, 0.1) is 0 Å². The molecule has 0 aromatic heterocycles. The Labute approximate surface area is 95.2 Å². The molecule has 0 N–H and O–H groups in total. The Bertz CT molecular complexity index is 362. The first-order chi connectivity index (χ1) is 7.13. The van der Waals surface area contributed by atoms with Gasteiger partial charge >= 0.3 is 5.37 Å². The van der Waals surface area contributed by atoms with Crippen molar-refractivity contribution < 1.29 is 4.79 Å². The number of hydrogen-bond donors (Lipinski definition) is 0. The van der Waals surface area contributed by atoms with Crippen LogP contribution in [0.25, 0.3) is 0 Å². The molecular weight excluding hydrogens is 210 g/mol. The molecule has 0 fully saturated rings. The molecular formula is C12H14ClNO. The molecule has 1 rings (SSSR count). The molecule has 1 aromatic rings. The lowest BCUT2D eigenvalue weighted by Gasteiger charge is -2.17. The first-order valence-electron chi connectivity index (χ1n) is 4.74. The summed E-state index contributed by atoms with van der Waals surface area (Å²) < 4.78 is 0. The molecule has 1 amide bonds. The molecule has 80 valence electrons. The Hall–Kier alpha value is -1.28. The maximum Gasteiger partial charge on any atom is 0.316 e. The molecule has 0 aliphatic carbocycles. The topological polar surface area (TPSA) is 20.3 Å². The van der Waals surface area contributed by atoms with Crippen LogP contribution < -0.4 is 0 Å². The van der Waals surface area contributed by atoms with Crippen molar-refractivity contribution in [3.8, 4) is 0 Å². The van der Waals surface area contributed by atoms with E-state index in [1.54, 1.807) is 6.08 Å². The third kappa shape index (κ3) is 3.76. The number of amides is 1. The molecule has 1 aromatic carbocycles. The van der Waals surface area contributed by atoms with Crippen LogP contribution in [0, 0.1) is 6.92 Å². The zero-order chi connectivity index (χ0) is 11.3. The molecule has 2 nitrogen and oxygen atoms in total. The first kappa shape index (κ1) is 11.8. The van der Waals surface area contributed by atoms with Crippen molar-refractivity contribution in [2.45, 2.75) is 13.5 Å². The van der Waals surface area contributed by atoms with Gasteiger partial charge in [0.2, 0.25) is 0 Å². The van der Waals surface area contributed by atoms with Crippen molar-refractivity contribution in [1.29, 1.82) is 0 Å². The van der Waals surface area contributed by atoms with E-state index < -0.39 is 5.37 Å². The fourth-order valence-corrected chi connectivity index (χ4v) is 1.51. The number of halogens is 1. The molecule has 0 bridgehead atoms. The van der Waals surface area contributed by atoms with Crippen LogP contribution in [0.1, 0.15) is 11.1 Å². The second-order valence-electron chi connectivity index (χ2n) is 3.41. The molecule has 0 aliphatic heterocycles. The van der Waals surface area contributed by atoms with Crippen LogP contribution in [0.2, 0.25) is 0 Å². The lowest BCUT2D eigenvalue weighted by molar-refractivity contribution is 0.225. The van der Waals surface area contributed by atoms with Crippen LogP contribution in [-0.2, 0) is 6.54 Å². The number of hydrogen-bond acceptors (Lipinski definition) is 1. The number of carbonyl (C=O) groups is 1. The van der Waals surface area contributed by atoms with Crippen LogP contribution in [0.15, 0.2) is 36.9 Å². The van der Waals surface area contributed by atoms with Gasteiger partial charge in [0.25, 0.3) is 0 Å². The summed E-state index contributed by atoms with van der Waals surface area (Å²) in [7, 11) is 0. The van der Waals surface area contributed by atoms with Gasteiger partial charge < -0.3 is 4.90 Å². The molecule has 3 heteroatoms. The SMILES string of the molecule is C=CCN(Cc1cccc(C)c1)C(=O)Cl. The Kier molecular flexibility index (Phi) is 4.37. The molecule has 0 heterocycles. The van der Waals surface area contributed by atoms with Gasteiger partial charge in [-0.25, -0.2) is 0 Å². The minimum Gasteiger partial charge on any atom is -0.321 e. The smallest absolute Gasteiger partial charge is 0.316 e. The highest BCUT2D eigenvalue weighted by molar-refractivity contribution is 6.62. The van der Waals surface area contributed by atoms with Gasteiger partial charge in [0.1, 0.15) is 0 Å². The highest BCUT2D eigenvalue weighted by Gasteiger charge is 2.08. The number of nitrogens with zero attached hydrogens (tertiary/aromatic N) is 1. The summed E-state index contributed by atoms with van der Waals surface area (Å²) in [6.07, 6.45) is 1.66. The average molecular weight is 224 g/mol. The second-order valence-corrected chi connectivity index (χ2v) is 3.73. The third-order valence-electron chi connectivity index (χ3n) is 2.05. The normalized spacial score (nSPS) is 9.73. The van der Waals surface area contributed by atoms with E-state index in [2.05, 4.69) is 6.58 Å². The van der Waals surface area contributed by atoms with Crippen LogP contribution in [0.4, 0.5) is 4.79 Å². The van der Waals surface area contributed by atoms with E-state index >= 15 is 0 Å². The van der Waals surface area contributed by atoms with Gasteiger partial charge in [0, 0.05) is 13.1 Å². The van der Waals surface area contributed by atoms with E-state index in [9.17, 15) is 4.79 Å². The summed E-state index contributed by atoms with van der Waals surface area (Å²) in [6, 6.07) is 8.00. The maximum absolute atomic E-state index is 11.1. The van der Waals surface area contributed by atoms with Gasteiger partial charge in [-0.2, -0.15) is 0 Å². The molecule has 0 unspecified atom stereocenters. The highest BCUT2D eigenvalue weighted by Crippen LogP contribution is 2.09. The summed E-state index contributed by atoms with van der Waals surface area (Å²) in [6.45, 7) is 6.60. The number of aryl methyl sites for hydroxylation is 1. The molecule has 0 aliphatic rings. The summed E-state index contributed by atoms with van der Waals surface area (Å²) in [5, 5.41) is -0.448. The van der Waals surface area contributed by atoms with Crippen molar-refractivity contribution in [1.82, 2.24) is 4.90 Å². The zero-order valence-electron chi connectivity index (χ0n) is 8.74. The molecule has 0 radical (unpaired) electrons. The van der Waals surface area contributed by atoms with Crippen molar-refractivity contribution in [3.05, 3.63) is 48.0 Å². The quantitative estimate of drug-likeness (QED) is 0.436. The number of carbonyl (C=O) groups excluding carboxylic acids is 1. The lowest BCUT2D eigenvalue weighted by Crippen LogP contribution is -2.25. The first-order valence-corrected chi connectivity index (χ1v) is 5.12. The minimum absolute atomic E-state index is 0.448. The fourth-order valence-electron chi connectivity index (χ4n) is 1.39. The minimum atomic E-state index is -0.448. The van der Waals surface area contributed by atoms with Crippen molar-refractivity contribution in [3.63, 3.8) is 0 Å². The summed E-state index contributed by atoms with van der Waals surface area (Å²) in [4.78, 5) is 12.6. The largest absolute Gasteiger partial charge is 0.321 e. The Morgan fingerprint density at radius 3 is 2.87 bits per heavy atom. The number of rotatable bonds is 4. The van der Waals surface area contributed by atoms with E-state index in [0.29, 0.717) is 13.1 Å². The van der Waals surface area contributed by atoms with Gasteiger partial charge in [0.15, 0.2) is 0 Å². The van der Waals surface area contributed by atoms with Crippen molar-refractivity contribution in [2.24, 2.45) is 0 Å². The molecule has 0 saturated carbocycles. The van der Waals surface area contributed by atoms with Crippen LogP contribution in [-0.4, -0.2) is 16.8 Å². The van der Waals surface area contributed by atoms with E-state index in [1.807, 2.05) is 31.2 Å². The highest BCUT2D eigenvalue weighted by atomic mass is 35.5. The molecule has 0 saturated heterocycles. The standard InChI is InChI=1S/C12H14ClNO/c1-3-7-14(12(13)15)9-11-6-4-5-10(2)8-11/h3-6,8H,1,7,9H2,2H3. The summed E-state index contributed by atoms with van der Waals surface area (Å²) in [5.74, 6) is 0. The van der Waals surface area contributed by atoms with Gasteiger partial charge in [-0.15, -0.1) is 6.58 Å². The van der Waals surface area contributed by atoms with Crippen molar-refractivity contribution in [2.75, 3.05) is 6.54 Å². The second kappa shape index (κ2) is 5.56.